The molecule has 2 aromatic carbocycles. The molecule has 0 saturated carbocycles. The van der Waals surface area contributed by atoms with Gasteiger partial charge in [0.1, 0.15) is 0 Å². The Hall–Kier alpha value is -2.15. The number of likely N-dealkylation sites (N-methyl/N-ethyl adjacent to an activating group) is 1. The van der Waals surface area contributed by atoms with Gasteiger partial charge in [0.05, 0.1) is 13.2 Å². The number of hydrogen-bond acceptors (Lipinski definition) is 4. The molecule has 7 heteroatoms. The van der Waals surface area contributed by atoms with Crippen LogP contribution in [0.4, 0.5) is 4.39 Å². The first kappa shape index (κ1) is 23.1. The monoisotopic (exact) mass is 421 g/mol. The summed E-state index contributed by atoms with van der Waals surface area (Å²) in [6, 6.07) is 14.7. The third-order valence-corrected chi connectivity index (χ3v) is 5.54. The van der Waals surface area contributed by atoms with Crippen LogP contribution in [0.15, 0.2) is 48.5 Å². The molecule has 1 saturated heterocycles. The number of carbonyl (C=O) groups is 1. The van der Waals surface area contributed by atoms with Crippen molar-refractivity contribution in [3.05, 3.63) is 65.5 Å². The molecule has 158 valence electrons. The fraction of sp³-hybridized carbons (Fsp3) is 0.409. The van der Waals surface area contributed by atoms with E-state index in [2.05, 4.69) is 17.0 Å². The minimum absolute atomic E-state index is 0. The number of amides is 1. The molecule has 0 spiro atoms. The third kappa shape index (κ3) is 5.26. The van der Waals surface area contributed by atoms with Crippen LogP contribution in [0, 0.1) is 5.82 Å². The molecule has 0 bridgehead atoms. The third-order valence-electron chi connectivity index (χ3n) is 5.54. The summed E-state index contributed by atoms with van der Waals surface area (Å²) in [7, 11) is 3.17. The molecule has 3 atom stereocenters. The molecular formula is C22H29ClFN3O2. The lowest BCUT2D eigenvalue weighted by atomic mass is 9.95. The number of benzene rings is 2. The second-order valence-electron chi connectivity index (χ2n) is 7.47. The normalized spacial score (nSPS) is 20.0. The second kappa shape index (κ2) is 10.1. The van der Waals surface area contributed by atoms with Crippen molar-refractivity contribution in [1.82, 2.24) is 9.80 Å². The van der Waals surface area contributed by atoms with Crippen molar-refractivity contribution in [2.75, 3.05) is 27.2 Å². The highest BCUT2D eigenvalue weighted by atomic mass is 35.5. The van der Waals surface area contributed by atoms with E-state index in [1.807, 2.05) is 25.1 Å². The molecule has 1 aliphatic heterocycles. The number of methoxy groups -OCH3 is 1. The Labute approximate surface area is 178 Å². The van der Waals surface area contributed by atoms with E-state index >= 15 is 0 Å². The molecule has 1 aliphatic rings. The number of halogens is 2. The van der Waals surface area contributed by atoms with E-state index in [1.54, 1.807) is 24.1 Å². The lowest BCUT2D eigenvalue weighted by Crippen LogP contribution is -2.45. The van der Waals surface area contributed by atoms with E-state index < -0.39 is 5.82 Å². The van der Waals surface area contributed by atoms with Crippen LogP contribution in [-0.4, -0.2) is 55.0 Å². The Morgan fingerprint density at radius 3 is 2.59 bits per heavy atom. The second-order valence-corrected chi connectivity index (χ2v) is 7.47. The zero-order valence-corrected chi connectivity index (χ0v) is 17.9. The van der Waals surface area contributed by atoms with Gasteiger partial charge < -0.3 is 15.4 Å². The van der Waals surface area contributed by atoms with Crippen LogP contribution in [0.1, 0.15) is 24.0 Å². The quantitative estimate of drug-likeness (QED) is 0.778. The Morgan fingerprint density at radius 2 is 1.97 bits per heavy atom. The van der Waals surface area contributed by atoms with Gasteiger partial charge in [-0.05, 0) is 30.2 Å². The van der Waals surface area contributed by atoms with E-state index in [1.165, 1.54) is 18.7 Å². The fourth-order valence-electron chi connectivity index (χ4n) is 3.86. The van der Waals surface area contributed by atoms with Crippen molar-refractivity contribution < 1.29 is 13.9 Å². The highest BCUT2D eigenvalue weighted by Gasteiger charge is 2.36. The summed E-state index contributed by atoms with van der Waals surface area (Å²) < 4.78 is 18.8. The van der Waals surface area contributed by atoms with E-state index in [9.17, 15) is 9.18 Å². The maximum atomic E-state index is 13.9. The summed E-state index contributed by atoms with van der Waals surface area (Å²) in [5.74, 6) is -0.0104. The summed E-state index contributed by atoms with van der Waals surface area (Å²) in [5, 5.41) is 0. The molecule has 1 heterocycles. The van der Waals surface area contributed by atoms with E-state index in [4.69, 9.17) is 10.5 Å². The summed E-state index contributed by atoms with van der Waals surface area (Å²) in [6.45, 7) is 3.68. The first-order chi connectivity index (χ1) is 13.4. The van der Waals surface area contributed by atoms with E-state index in [-0.39, 0.29) is 42.1 Å². The standard InChI is InChI=1S/C22H28FN3O2.ClH/c1-15(26-13-18(20(24)14-26)17-7-5-4-6-8-17)22(27)25(2)12-16-9-10-21(28-3)19(23)11-16;/h4-11,15,18,20H,12-14,24H2,1-3H3;1H/t15?,18-,20+;/m0./s1. The van der Waals surface area contributed by atoms with Gasteiger partial charge >= 0.3 is 0 Å². The van der Waals surface area contributed by atoms with E-state index in [0.717, 1.165) is 12.1 Å². The Kier molecular flexibility index (Phi) is 8.02. The minimum atomic E-state index is -0.426. The molecule has 2 aromatic rings. The number of hydrogen-bond donors (Lipinski definition) is 1. The lowest BCUT2D eigenvalue weighted by molar-refractivity contribution is -0.135. The number of carbonyl (C=O) groups excluding carboxylic acids is 1. The van der Waals surface area contributed by atoms with Crippen LogP contribution in [0.25, 0.3) is 0 Å². The number of ether oxygens (including phenoxy) is 1. The van der Waals surface area contributed by atoms with Gasteiger partial charge in [-0.2, -0.15) is 0 Å². The van der Waals surface area contributed by atoms with Gasteiger partial charge in [0.15, 0.2) is 11.6 Å². The molecule has 5 nitrogen and oxygen atoms in total. The average molecular weight is 422 g/mol. The molecule has 1 fully saturated rings. The average Bonchev–Trinajstić information content (AvgIpc) is 3.09. The highest BCUT2D eigenvalue weighted by Crippen LogP contribution is 2.28. The van der Waals surface area contributed by atoms with Crippen LogP contribution in [-0.2, 0) is 11.3 Å². The molecule has 0 radical (unpaired) electrons. The maximum absolute atomic E-state index is 13.9. The lowest BCUT2D eigenvalue weighted by Gasteiger charge is -2.28. The van der Waals surface area contributed by atoms with Crippen molar-refractivity contribution >= 4 is 18.3 Å². The van der Waals surface area contributed by atoms with Gasteiger partial charge in [0.2, 0.25) is 5.91 Å². The van der Waals surface area contributed by atoms with Crippen LogP contribution in [0.5, 0.6) is 5.75 Å². The Morgan fingerprint density at radius 1 is 1.28 bits per heavy atom. The summed E-state index contributed by atoms with van der Waals surface area (Å²) in [5.41, 5.74) is 8.29. The number of nitrogens with two attached hydrogens (primary N) is 1. The largest absolute Gasteiger partial charge is 0.494 e. The van der Waals surface area contributed by atoms with Crippen LogP contribution in [0.3, 0.4) is 0 Å². The predicted molar refractivity (Wildman–Crippen MR) is 115 cm³/mol. The van der Waals surface area contributed by atoms with Crippen LogP contribution >= 0.6 is 12.4 Å². The number of nitrogens with zero attached hydrogens (tertiary/aromatic N) is 2. The van der Waals surface area contributed by atoms with Crippen molar-refractivity contribution in [2.24, 2.45) is 5.73 Å². The van der Waals surface area contributed by atoms with Crippen LogP contribution in [0.2, 0.25) is 0 Å². The van der Waals surface area contributed by atoms with Gasteiger partial charge in [-0.3, -0.25) is 9.69 Å². The topological polar surface area (TPSA) is 58.8 Å². The van der Waals surface area contributed by atoms with Crippen molar-refractivity contribution in [1.29, 1.82) is 0 Å². The summed E-state index contributed by atoms with van der Waals surface area (Å²) in [4.78, 5) is 16.7. The van der Waals surface area contributed by atoms with Gasteiger partial charge in [-0.25, -0.2) is 4.39 Å². The van der Waals surface area contributed by atoms with Crippen molar-refractivity contribution in [3.63, 3.8) is 0 Å². The zero-order chi connectivity index (χ0) is 20.3. The fourth-order valence-corrected chi connectivity index (χ4v) is 3.86. The first-order valence-corrected chi connectivity index (χ1v) is 9.52. The van der Waals surface area contributed by atoms with Crippen LogP contribution < -0.4 is 10.5 Å². The van der Waals surface area contributed by atoms with Gasteiger partial charge in [0.25, 0.3) is 0 Å². The molecule has 3 rings (SSSR count). The van der Waals surface area contributed by atoms with Gasteiger partial charge in [0, 0.05) is 38.6 Å². The predicted octanol–water partition coefficient (Wildman–Crippen LogP) is 3.03. The molecule has 2 N–H and O–H groups in total. The molecule has 0 aliphatic carbocycles. The summed E-state index contributed by atoms with van der Waals surface area (Å²) in [6.07, 6.45) is 0. The molecule has 1 amide bonds. The maximum Gasteiger partial charge on any atom is 0.239 e. The minimum Gasteiger partial charge on any atom is -0.494 e. The SMILES string of the molecule is COc1ccc(CN(C)C(=O)C(C)N2C[C@@H](N)[C@H](c3ccccc3)C2)cc1F.Cl. The number of rotatable bonds is 6. The zero-order valence-electron chi connectivity index (χ0n) is 17.0. The molecular weight excluding hydrogens is 393 g/mol. The molecule has 1 unspecified atom stereocenters. The van der Waals surface area contributed by atoms with Gasteiger partial charge in [-0.15, -0.1) is 12.4 Å². The van der Waals surface area contributed by atoms with E-state index in [0.29, 0.717) is 13.1 Å². The summed E-state index contributed by atoms with van der Waals surface area (Å²) >= 11 is 0. The molecule has 29 heavy (non-hydrogen) atoms. The van der Waals surface area contributed by atoms with Crippen molar-refractivity contribution in [2.45, 2.75) is 31.5 Å². The Bertz CT molecular complexity index is 821. The Balaban J connectivity index is 0.00000300. The first-order valence-electron chi connectivity index (χ1n) is 9.52. The van der Waals surface area contributed by atoms with Crippen molar-refractivity contribution in [3.8, 4) is 5.75 Å². The molecule has 0 aromatic heterocycles. The van der Waals surface area contributed by atoms with Gasteiger partial charge in [-0.1, -0.05) is 36.4 Å². The number of likely N-dealkylation sites (tertiary alicyclic amines) is 1. The smallest absolute Gasteiger partial charge is 0.239 e. The highest BCUT2D eigenvalue weighted by molar-refractivity contribution is 5.85.